The second kappa shape index (κ2) is 13.6. The first-order valence-electron chi connectivity index (χ1n) is 25.2. The third-order valence-corrected chi connectivity index (χ3v) is 15.2. The van der Waals surface area contributed by atoms with Crippen molar-refractivity contribution >= 4 is 39.7 Å². The zero-order chi connectivity index (χ0) is 49.7. The average Bonchev–Trinajstić information content (AvgIpc) is 3.86. The van der Waals surface area contributed by atoms with E-state index in [1.807, 2.05) is 83.4 Å². The fourth-order valence-electron chi connectivity index (χ4n) is 10.1. The second-order valence-electron chi connectivity index (χ2n) is 17.7. The van der Waals surface area contributed by atoms with E-state index in [2.05, 4.69) is 69.1 Å². The standard InChI is InChI=1S/C57H46N4OS/c1-8-34-23-26-48-53(62-55-60-46-19-13-14-20-47(46)61(48)55)51(34)41-29-45-49(27-33(41)3)63-54-44(56(4,5)57(45,6)7)25-21-32(2)50(54)35-22-24-39-36-15-9-10-16-37(36)43-30-58-31-59-52(43)40-18-12-11-17-38(40)42(39)28-35/h9-31H,8H2,1-7H3/i2D3,3D3,8D2. The Labute approximate surface area is 383 Å². The fourth-order valence-corrected chi connectivity index (χ4v) is 11.7. The number of oxazole rings is 1. The molecule has 7 aromatic carbocycles. The van der Waals surface area contributed by atoms with Gasteiger partial charge in [-0.15, -0.1) is 0 Å². The van der Waals surface area contributed by atoms with Crippen LogP contribution in [0.25, 0.3) is 94.9 Å². The normalized spacial score (nSPS) is 17.0. The molecule has 0 spiro atoms. The van der Waals surface area contributed by atoms with Crippen LogP contribution in [0.15, 0.2) is 154 Å². The largest absolute Gasteiger partial charge is 0.422 e. The van der Waals surface area contributed by atoms with Gasteiger partial charge in [-0.05, 0) is 140 Å². The molecule has 10 aromatic rings. The van der Waals surface area contributed by atoms with Crippen molar-refractivity contribution in [1.82, 2.24) is 19.4 Å². The molecule has 0 saturated heterocycles. The number of fused-ring (bicyclic) bond motifs is 15. The molecule has 0 amide bonds. The van der Waals surface area contributed by atoms with Gasteiger partial charge in [-0.1, -0.05) is 137 Å². The Hall–Kier alpha value is -6.76. The number of rotatable bonds is 3. The van der Waals surface area contributed by atoms with Crippen LogP contribution in [-0.2, 0) is 17.2 Å². The monoisotopic (exact) mass is 842 g/mol. The summed E-state index contributed by atoms with van der Waals surface area (Å²) in [6.45, 7) is 4.88. The number of para-hydroxylation sites is 2. The molecule has 0 unspecified atom stereocenters. The molecule has 3 aromatic heterocycles. The summed E-state index contributed by atoms with van der Waals surface area (Å²) in [5, 5.41) is 0. The van der Waals surface area contributed by atoms with Crippen LogP contribution in [0.3, 0.4) is 0 Å². The van der Waals surface area contributed by atoms with E-state index in [0.717, 1.165) is 71.7 Å². The van der Waals surface area contributed by atoms with Crippen molar-refractivity contribution < 1.29 is 15.4 Å². The summed E-state index contributed by atoms with van der Waals surface area (Å²) in [5.41, 5.74) is 12.7. The summed E-state index contributed by atoms with van der Waals surface area (Å²) < 4.78 is 81.3. The molecule has 63 heavy (non-hydrogen) atoms. The van der Waals surface area contributed by atoms with E-state index >= 15 is 0 Å². The maximum atomic E-state index is 9.15. The highest BCUT2D eigenvalue weighted by Gasteiger charge is 2.45. The lowest BCUT2D eigenvalue weighted by Crippen LogP contribution is -2.40. The molecular weight excluding hydrogens is 789 g/mol. The smallest absolute Gasteiger partial charge is 0.307 e. The van der Waals surface area contributed by atoms with E-state index in [-0.39, 0.29) is 16.7 Å². The fraction of sp³-hybridized carbons (Fsp3) is 0.175. The van der Waals surface area contributed by atoms with Crippen molar-refractivity contribution in [2.75, 3.05) is 0 Å². The number of aromatic nitrogens is 4. The van der Waals surface area contributed by atoms with Gasteiger partial charge >= 0.3 is 5.84 Å². The third kappa shape index (κ3) is 5.34. The van der Waals surface area contributed by atoms with Crippen molar-refractivity contribution in [3.63, 3.8) is 0 Å². The molecule has 0 atom stereocenters. The van der Waals surface area contributed by atoms with Crippen LogP contribution < -0.4 is 0 Å². The molecule has 12 rings (SSSR count). The molecule has 2 aliphatic rings. The summed E-state index contributed by atoms with van der Waals surface area (Å²) in [5.74, 6) is 0.311. The molecule has 306 valence electrons. The average molecular weight is 843 g/mol. The molecule has 0 saturated carbocycles. The molecule has 6 heteroatoms. The van der Waals surface area contributed by atoms with Crippen LogP contribution >= 0.6 is 11.8 Å². The highest BCUT2D eigenvalue weighted by molar-refractivity contribution is 7.99. The number of hydrogen-bond acceptors (Lipinski definition) is 5. The van der Waals surface area contributed by atoms with Crippen molar-refractivity contribution in [3.05, 3.63) is 168 Å². The molecule has 0 bridgehead atoms. The molecule has 0 fully saturated rings. The van der Waals surface area contributed by atoms with Crippen LogP contribution in [0.4, 0.5) is 0 Å². The van der Waals surface area contributed by atoms with Crippen molar-refractivity contribution in [2.45, 2.75) is 75.3 Å². The number of benzene rings is 7. The van der Waals surface area contributed by atoms with Crippen LogP contribution in [0.1, 0.15) is 73.4 Å². The summed E-state index contributed by atoms with van der Waals surface area (Å²) in [7, 11) is 0. The summed E-state index contributed by atoms with van der Waals surface area (Å²) in [4.78, 5) is 15.4. The highest BCUT2D eigenvalue weighted by atomic mass is 32.2. The van der Waals surface area contributed by atoms with E-state index in [0.29, 0.717) is 44.1 Å². The van der Waals surface area contributed by atoms with Gasteiger partial charge in [0.05, 0.1) is 22.2 Å². The number of nitrogens with zero attached hydrogens (tertiary/aromatic N) is 4. The summed E-state index contributed by atoms with van der Waals surface area (Å²) >= 11 is 1.39. The minimum atomic E-state index is -2.68. The second-order valence-corrected chi connectivity index (χ2v) is 18.7. The zero-order valence-corrected chi connectivity index (χ0v) is 36.2. The van der Waals surface area contributed by atoms with Crippen LogP contribution in [-0.4, -0.2) is 19.4 Å². The predicted molar refractivity (Wildman–Crippen MR) is 260 cm³/mol. The predicted octanol–water partition coefficient (Wildman–Crippen LogP) is 15.2. The molecule has 4 heterocycles. The van der Waals surface area contributed by atoms with E-state index < -0.39 is 30.9 Å². The van der Waals surface area contributed by atoms with Gasteiger partial charge in [0.2, 0.25) is 0 Å². The quantitative estimate of drug-likeness (QED) is 0.177. The lowest BCUT2D eigenvalue weighted by molar-refractivity contribution is 0.296. The number of imidazole rings is 1. The van der Waals surface area contributed by atoms with E-state index in [1.165, 1.54) is 18.7 Å². The van der Waals surface area contributed by atoms with Gasteiger partial charge in [0.15, 0.2) is 5.58 Å². The van der Waals surface area contributed by atoms with Crippen LogP contribution in [0.2, 0.25) is 0 Å². The first kappa shape index (κ1) is 30.3. The first-order valence-corrected chi connectivity index (χ1v) is 22.0. The Morgan fingerprint density at radius 3 is 2.16 bits per heavy atom. The third-order valence-electron chi connectivity index (χ3n) is 14.0. The molecular formula is C57H46N4OS. The molecule has 5 nitrogen and oxygen atoms in total. The van der Waals surface area contributed by atoms with Crippen LogP contribution in [0, 0.1) is 13.7 Å². The zero-order valence-electron chi connectivity index (χ0n) is 43.4. The van der Waals surface area contributed by atoms with Crippen LogP contribution in [0.5, 0.6) is 0 Å². The van der Waals surface area contributed by atoms with E-state index in [1.54, 1.807) is 24.5 Å². The molecule has 1 aliphatic carbocycles. The minimum absolute atomic E-state index is 0.0201. The van der Waals surface area contributed by atoms with Gasteiger partial charge in [0, 0.05) is 43.6 Å². The minimum Gasteiger partial charge on any atom is -0.422 e. The van der Waals surface area contributed by atoms with Gasteiger partial charge in [-0.3, -0.25) is 4.40 Å². The van der Waals surface area contributed by atoms with E-state index in [9.17, 15) is 0 Å². The Balaban J connectivity index is 1.13. The number of aryl methyl sites for hydroxylation is 3. The topological polar surface area (TPSA) is 56.2 Å². The van der Waals surface area contributed by atoms with Crippen molar-refractivity contribution in [3.8, 4) is 66.9 Å². The Kier molecular flexibility index (Phi) is 6.55. The lowest BCUT2D eigenvalue weighted by atomic mass is 9.60. The Bertz CT molecular complexity index is 3890. The van der Waals surface area contributed by atoms with E-state index in [4.69, 9.17) is 25.4 Å². The maximum absolute atomic E-state index is 9.15. The highest BCUT2D eigenvalue weighted by Crippen LogP contribution is 2.58. The van der Waals surface area contributed by atoms with Gasteiger partial charge < -0.3 is 4.42 Å². The summed E-state index contributed by atoms with van der Waals surface area (Å²) in [6, 6.07) is 41.1. The first-order chi connectivity index (χ1) is 33.6. The molecule has 1 aliphatic heterocycles. The van der Waals surface area contributed by atoms with Crippen molar-refractivity contribution in [2.24, 2.45) is 0 Å². The lowest BCUT2D eigenvalue weighted by Gasteiger charge is -2.43. The maximum Gasteiger partial charge on any atom is 0.307 e. The Morgan fingerprint density at radius 2 is 1.37 bits per heavy atom. The molecule has 0 N–H and O–H groups in total. The molecule has 0 radical (unpaired) electrons. The van der Waals surface area contributed by atoms with Gasteiger partial charge in [0.25, 0.3) is 0 Å². The van der Waals surface area contributed by atoms with Crippen molar-refractivity contribution in [1.29, 1.82) is 0 Å². The Morgan fingerprint density at radius 1 is 0.651 bits per heavy atom. The summed E-state index contributed by atoms with van der Waals surface area (Å²) in [6.07, 6.45) is 1.51. The van der Waals surface area contributed by atoms with Gasteiger partial charge in [0.1, 0.15) is 6.33 Å². The SMILES string of the molecule is [2H]C([2H])([2H])c1cc2c(cc1-c1c(C([2H])([2H])C)ccc3c1oc1nc4ccccc4n13)C(C)(C)C(C)(C)c1ccc(C([2H])([2H])[2H])c(-c3ccc4c(c3)-c3ccccc3-c3ncncc3-c3ccccc3-4)c1S2. The number of hydrogen-bond donors (Lipinski definition) is 0. The van der Waals surface area contributed by atoms with Gasteiger partial charge in [-0.25, -0.2) is 9.97 Å². The van der Waals surface area contributed by atoms with Gasteiger partial charge in [-0.2, -0.15) is 4.98 Å².